The summed E-state index contributed by atoms with van der Waals surface area (Å²) in [6, 6.07) is 8.27. The van der Waals surface area contributed by atoms with Crippen LogP contribution in [0.4, 0.5) is 0 Å². The molecule has 0 amide bonds. The Morgan fingerprint density at radius 3 is 2.19 bits per heavy atom. The van der Waals surface area contributed by atoms with Crippen LogP contribution in [0.25, 0.3) is 0 Å². The van der Waals surface area contributed by atoms with Gasteiger partial charge in [0.25, 0.3) is 6.29 Å². The SMILES string of the molecule is C=C1C(=O)[C@H](OC(=O)c2ccccc2)/C=C(/C)CC[C@@H]2C([C@H](OC(C)=O)[C@@H](C=C(C)C)OC(C)=O)=CO[C@@H](OC(C)=O)[C@@H]12. The van der Waals surface area contributed by atoms with Crippen molar-refractivity contribution in [3.05, 3.63) is 83.2 Å². The number of carbonyl (C=O) groups excluding carboxylic acids is 5. The molecule has 1 aromatic carbocycles. The van der Waals surface area contributed by atoms with Crippen molar-refractivity contribution in [2.24, 2.45) is 11.8 Å². The van der Waals surface area contributed by atoms with Gasteiger partial charge in [0.1, 0.15) is 0 Å². The summed E-state index contributed by atoms with van der Waals surface area (Å²) in [6.07, 6.45) is 0.688. The summed E-state index contributed by atoms with van der Waals surface area (Å²) in [5.74, 6) is -4.74. The average molecular weight is 595 g/mol. The quantitative estimate of drug-likeness (QED) is 0.176. The van der Waals surface area contributed by atoms with Gasteiger partial charge in [-0.2, -0.15) is 0 Å². The van der Waals surface area contributed by atoms with E-state index in [4.69, 9.17) is 23.7 Å². The van der Waals surface area contributed by atoms with E-state index in [1.54, 1.807) is 63.3 Å². The highest BCUT2D eigenvalue weighted by Gasteiger charge is 2.48. The fourth-order valence-corrected chi connectivity index (χ4v) is 5.21. The summed E-state index contributed by atoms with van der Waals surface area (Å²) < 4.78 is 28.3. The Hall–Kier alpha value is -4.47. The molecule has 2 aliphatic rings. The number of ketones is 1. The van der Waals surface area contributed by atoms with E-state index in [0.717, 1.165) is 11.1 Å². The van der Waals surface area contributed by atoms with Crippen LogP contribution in [0.5, 0.6) is 0 Å². The van der Waals surface area contributed by atoms with Gasteiger partial charge in [-0.3, -0.25) is 19.2 Å². The molecule has 1 aliphatic heterocycles. The number of fused-ring (bicyclic) bond motifs is 1. The normalized spacial score (nSPS) is 24.4. The van der Waals surface area contributed by atoms with Crippen LogP contribution in [0.3, 0.4) is 0 Å². The van der Waals surface area contributed by atoms with E-state index < -0.39 is 66.1 Å². The third kappa shape index (κ3) is 8.76. The molecule has 1 aliphatic carbocycles. The number of carbonyl (C=O) groups is 5. The molecule has 3 rings (SSSR count). The van der Waals surface area contributed by atoms with Crippen molar-refractivity contribution in [2.45, 2.75) is 79.0 Å². The first-order valence-electron chi connectivity index (χ1n) is 14.0. The van der Waals surface area contributed by atoms with Crippen molar-refractivity contribution >= 4 is 29.7 Å². The summed E-state index contributed by atoms with van der Waals surface area (Å²) >= 11 is 0. The highest BCUT2D eigenvalue weighted by molar-refractivity contribution is 6.02. The van der Waals surface area contributed by atoms with Crippen molar-refractivity contribution in [3.8, 4) is 0 Å². The van der Waals surface area contributed by atoms with E-state index in [1.165, 1.54) is 27.0 Å². The molecule has 0 radical (unpaired) electrons. The van der Waals surface area contributed by atoms with Gasteiger partial charge in [0.15, 0.2) is 18.3 Å². The average Bonchev–Trinajstić information content (AvgIpc) is 2.96. The van der Waals surface area contributed by atoms with Gasteiger partial charge in [-0.25, -0.2) is 4.79 Å². The number of rotatable bonds is 8. The molecule has 0 bridgehead atoms. The van der Waals surface area contributed by atoms with Gasteiger partial charge >= 0.3 is 23.9 Å². The summed E-state index contributed by atoms with van der Waals surface area (Å²) in [7, 11) is 0. The molecular weight excluding hydrogens is 556 g/mol. The van der Waals surface area contributed by atoms with E-state index in [2.05, 4.69) is 6.58 Å². The molecule has 6 atom stereocenters. The second-order valence-electron chi connectivity index (χ2n) is 10.8. The molecule has 230 valence electrons. The standard InChI is InChI=1S/C33H38O10/c1-18(2)15-28(40-21(5)34)31(41-22(6)35)26-17-39-33(42-23(7)36)29-20(4)30(37)27(16-19(3)13-14-25(26)29)43-32(38)24-11-9-8-10-12-24/h8-12,15-17,25,27-29,31,33H,4,13-14H2,1-3,5-7H3/b19-16-/t25-,27-,28-,29+,31+,33+/m1/s1. The Labute approximate surface area is 251 Å². The van der Waals surface area contributed by atoms with Crippen LogP contribution in [-0.2, 0) is 42.9 Å². The highest BCUT2D eigenvalue weighted by Crippen LogP contribution is 2.43. The zero-order chi connectivity index (χ0) is 31.8. The van der Waals surface area contributed by atoms with Crippen LogP contribution >= 0.6 is 0 Å². The lowest BCUT2D eigenvalue weighted by atomic mass is 9.73. The lowest BCUT2D eigenvalue weighted by Gasteiger charge is -2.41. The van der Waals surface area contributed by atoms with Crippen LogP contribution in [0, 0.1) is 11.8 Å². The summed E-state index contributed by atoms with van der Waals surface area (Å²) in [4.78, 5) is 63.3. The number of Topliss-reactive ketones (excluding diaryl/α,β-unsaturated/α-hetero) is 1. The molecule has 0 saturated carbocycles. The Bertz CT molecular complexity index is 1350. The second-order valence-corrected chi connectivity index (χ2v) is 10.8. The van der Waals surface area contributed by atoms with Crippen LogP contribution in [0.2, 0.25) is 0 Å². The van der Waals surface area contributed by atoms with Gasteiger partial charge in [-0.05, 0) is 57.9 Å². The molecular formula is C33H38O10. The van der Waals surface area contributed by atoms with Gasteiger partial charge in [0.2, 0.25) is 5.78 Å². The molecule has 1 heterocycles. The van der Waals surface area contributed by atoms with Gasteiger partial charge < -0.3 is 23.7 Å². The molecule has 10 nitrogen and oxygen atoms in total. The van der Waals surface area contributed by atoms with Crippen LogP contribution < -0.4 is 0 Å². The minimum atomic E-state index is -1.30. The molecule has 43 heavy (non-hydrogen) atoms. The third-order valence-electron chi connectivity index (χ3n) is 7.00. The van der Waals surface area contributed by atoms with Crippen molar-refractivity contribution in [2.75, 3.05) is 0 Å². The number of ether oxygens (including phenoxy) is 5. The molecule has 0 N–H and O–H groups in total. The van der Waals surface area contributed by atoms with E-state index in [1.807, 2.05) is 0 Å². The fourth-order valence-electron chi connectivity index (χ4n) is 5.21. The monoisotopic (exact) mass is 594 g/mol. The predicted octanol–water partition coefficient (Wildman–Crippen LogP) is 4.94. The number of hydrogen-bond donors (Lipinski definition) is 0. The predicted molar refractivity (Wildman–Crippen MR) is 155 cm³/mol. The smallest absolute Gasteiger partial charge is 0.339 e. The first-order chi connectivity index (χ1) is 20.3. The Balaban J connectivity index is 2.10. The Morgan fingerprint density at radius 1 is 0.953 bits per heavy atom. The molecule has 0 saturated heterocycles. The molecule has 0 fully saturated rings. The Kier molecular flexibility index (Phi) is 11.2. The molecule has 0 spiro atoms. The maximum Gasteiger partial charge on any atom is 0.339 e. The minimum Gasteiger partial charge on any atom is -0.462 e. The van der Waals surface area contributed by atoms with Crippen LogP contribution in [0.15, 0.2) is 77.6 Å². The van der Waals surface area contributed by atoms with E-state index in [-0.39, 0.29) is 11.1 Å². The zero-order valence-corrected chi connectivity index (χ0v) is 25.3. The Morgan fingerprint density at radius 2 is 1.60 bits per heavy atom. The van der Waals surface area contributed by atoms with Gasteiger partial charge in [-0.1, -0.05) is 35.9 Å². The largest absolute Gasteiger partial charge is 0.462 e. The highest BCUT2D eigenvalue weighted by atomic mass is 16.7. The lowest BCUT2D eigenvalue weighted by Crippen LogP contribution is -2.46. The summed E-state index contributed by atoms with van der Waals surface area (Å²) in [6.45, 7) is 13.2. The number of esters is 4. The van der Waals surface area contributed by atoms with E-state index in [9.17, 15) is 24.0 Å². The maximum atomic E-state index is 13.9. The van der Waals surface area contributed by atoms with Crippen LogP contribution in [0.1, 0.15) is 64.7 Å². The maximum absolute atomic E-state index is 13.9. The number of allylic oxidation sites excluding steroid dienone is 2. The van der Waals surface area contributed by atoms with Crippen molar-refractivity contribution < 1.29 is 47.7 Å². The van der Waals surface area contributed by atoms with Crippen molar-refractivity contribution in [3.63, 3.8) is 0 Å². The zero-order valence-electron chi connectivity index (χ0n) is 25.3. The summed E-state index contributed by atoms with van der Waals surface area (Å²) in [5, 5.41) is 0. The van der Waals surface area contributed by atoms with Gasteiger partial charge in [0.05, 0.1) is 17.7 Å². The van der Waals surface area contributed by atoms with Crippen LogP contribution in [-0.4, -0.2) is 54.3 Å². The number of benzene rings is 1. The van der Waals surface area contributed by atoms with Gasteiger partial charge in [-0.15, -0.1) is 0 Å². The van der Waals surface area contributed by atoms with E-state index in [0.29, 0.717) is 18.4 Å². The van der Waals surface area contributed by atoms with Gasteiger partial charge in [0, 0.05) is 37.8 Å². The first kappa shape index (κ1) is 33.0. The molecule has 1 aromatic rings. The topological polar surface area (TPSA) is 132 Å². The number of hydrogen-bond acceptors (Lipinski definition) is 10. The van der Waals surface area contributed by atoms with Crippen molar-refractivity contribution in [1.82, 2.24) is 0 Å². The molecule has 0 unspecified atom stereocenters. The lowest BCUT2D eigenvalue weighted by molar-refractivity contribution is -0.183. The van der Waals surface area contributed by atoms with Crippen molar-refractivity contribution in [1.29, 1.82) is 0 Å². The molecule has 0 aromatic heterocycles. The fraction of sp³-hybridized carbons (Fsp3) is 0.424. The third-order valence-corrected chi connectivity index (χ3v) is 7.00. The summed E-state index contributed by atoms with van der Waals surface area (Å²) in [5.41, 5.74) is 2.23. The van der Waals surface area contributed by atoms with E-state index >= 15 is 0 Å². The minimum absolute atomic E-state index is 0.00788. The molecule has 10 heteroatoms. The first-order valence-corrected chi connectivity index (χ1v) is 14.0. The second kappa shape index (κ2) is 14.6.